The van der Waals surface area contributed by atoms with E-state index in [0.29, 0.717) is 23.9 Å². The van der Waals surface area contributed by atoms with Gasteiger partial charge in [-0.25, -0.2) is 9.78 Å². The third kappa shape index (κ3) is 4.44. The van der Waals surface area contributed by atoms with Crippen molar-refractivity contribution in [3.05, 3.63) is 70.7 Å². The van der Waals surface area contributed by atoms with Crippen LogP contribution in [0.15, 0.2) is 53.9 Å². The highest BCUT2D eigenvalue weighted by atomic mass is 32.1. The largest absolute Gasteiger partial charge is 0.481 e. The molecule has 0 bridgehead atoms. The number of thiazole rings is 1. The Morgan fingerprint density at radius 2 is 1.70 bits per heavy atom. The zero-order valence-electron chi connectivity index (χ0n) is 16.1. The van der Waals surface area contributed by atoms with Crippen LogP contribution < -0.4 is 10.6 Å². The van der Waals surface area contributed by atoms with Gasteiger partial charge in [-0.05, 0) is 22.3 Å². The number of rotatable bonds is 8. The second-order valence-corrected chi connectivity index (χ2v) is 7.75. The average molecular weight is 423 g/mol. The highest BCUT2D eigenvalue weighted by molar-refractivity contribution is 7.13. The van der Waals surface area contributed by atoms with Gasteiger partial charge in [0.05, 0.1) is 12.1 Å². The Kier molecular flexibility index (Phi) is 5.94. The number of carboxylic acids is 1. The molecule has 3 aromatic rings. The minimum absolute atomic E-state index is 0.0317. The lowest BCUT2D eigenvalue weighted by Gasteiger charge is -2.14. The highest BCUT2D eigenvalue weighted by Gasteiger charge is 2.28. The molecule has 0 saturated carbocycles. The number of aromatic nitrogens is 1. The number of nitrogens with zero attached hydrogens (tertiary/aromatic N) is 1. The van der Waals surface area contributed by atoms with Crippen LogP contribution in [-0.4, -0.2) is 41.8 Å². The van der Waals surface area contributed by atoms with Gasteiger partial charge in [0.2, 0.25) is 0 Å². The summed E-state index contributed by atoms with van der Waals surface area (Å²) >= 11 is 1.33. The third-order valence-electron chi connectivity index (χ3n) is 4.90. The van der Waals surface area contributed by atoms with Crippen LogP contribution in [0.1, 0.15) is 22.7 Å². The third-order valence-corrected chi connectivity index (χ3v) is 5.75. The van der Waals surface area contributed by atoms with Crippen molar-refractivity contribution in [2.24, 2.45) is 0 Å². The van der Waals surface area contributed by atoms with Gasteiger partial charge in [-0.1, -0.05) is 48.5 Å². The average Bonchev–Trinajstić information content (AvgIpc) is 3.31. The van der Waals surface area contributed by atoms with E-state index in [1.807, 2.05) is 24.3 Å². The molecular formula is C22H21N3O4S. The molecule has 7 nitrogen and oxygen atoms in total. The van der Waals surface area contributed by atoms with Crippen LogP contribution >= 0.6 is 11.3 Å². The Morgan fingerprint density at radius 3 is 2.37 bits per heavy atom. The van der Waals surface area contributed by atoms with E-state index in [1.165, 1.54) is 33.6 Å². The topological polar surface area (TPSA) is 101 Å². The molecule has 4 rings (SSSR count). The van der Waals surface area contributed by atoms with Crippen molar-refractivity contribution in [2.45, 2.75) is 12.3 Å². The van der Waals surface area contributed by atoms with Crippen LogP contribution in [0.25, 0.3) is 11.1 Å². The van der Waals surface area contributed by atoms with E-state index in [9.17, 15) is 9.59 Å². The summed E-state index contributed by atoms with van der Waals surface area (Å²) in [5, 5.41) is 16.9. The van der Waals surface area contributed by atoms with Crippen molar-refractivity contribution in [2.75, 3.05) is 25.0 Å². The molecule has 0 aliphatic heterocycles. The summed E-state index contributed by atoms with van der Waals surface area (Å²) in [7, 11) is 0. The Balaban J connectivity index is 1.25. The van der Waals surface area contributed by atoms with Crippen LogP contribution in [0, 0.1) is 0 Å². The highest BCUT2D eigenvalue weighted by Crippen LogP contribution is 2.44. The predicted molar refractivity (Wildman–Crippen MR) is 115 cm³/mol. The molecular weight excluding hydrogens is 402 g/mol. The van der Waals surface area contributed by atoms with Gasteiger partial charge in [0.1, 0.15) is 6.61 Å². The molecule has 3 N–H and O–H groups in total. The molecule has 0 fully saturated rings. The molecule has 0 saturated heterocycles. The summed E-state index contributed by atoms with van der Waals surface area (Å²) in [6.45, 7) is 1.10. The summed E-state index contributed by atoms with van der Waals surface area (Å²) in [4.78, 5) is 27.0. The molecule has 1 heterocycles. The van der Waals surface area contributed by atoms with Crippen molar-refractivity contribution < 1.29 is 19.4 Å². The lowest BCUT2D eigenvalue weighted by molar-refractivity contribution is -0.136. The zero-order chi connectivity index (χ0) is 20.9. The predicted octanol–water partition coefficient (Wildman–Crippen LogP) is 3.72. The SMILES string of the molecule is O=C(O)Cc1csc(NCCNC(=O)OCC2c3ccccc3-c3ccccc32)n1. The van der Waals surface area contributed by atoms with Gasteiger partial charge in [0, 0.05) is 24.4 Å². The first-order chi connectivity index (χ1) is 14.6. The number of ether oxygens (including phenoxy) is 1. The lowest BCUT2D eigenvalue weighted by atomic mass is 9.98. The number of alkyl carbamates (subject to hydrolysis) is 1. The van der Waals surface area contributed by atoms with Crippen molar-refractivity contribution in [1.29, 1.82) is 0 Å². The van der Waals surface area contributed by atoms with Crippen molar-refractivity contribution in [3.63, 3.8) is 0 Å². The first-order valence-corrected chi connectivity index (χ1v) is 10.5. The summed E-state index contributed by atoms with van der Waals surface area (Å²) < 4.78 is 5.48. The molecule has 1 aliphatic rings. The fourth-order valence-corrected chi connectivity index (χ4v) is 4.35. The molecule has 1 amide bonds. The summed E-state index contributed by atoms with van der Waals surface area (Å²) in [6.07, 6.45) is -0.569. The number of fused-ring (bicyclic) bond motifs is 3. The molecule has 1 aromatic heterocycles. The Bertz CT molecular complexity index is 1020. The second-order valence-electron chi connectivity index (χ2n) is 6.89. The summed E-state index contributed by atoms with van der Waals surface area (Å²) in [6, 6.07) is 16.4. The molecule has 154 valence electrons. The minimum atomic E-state index is -0.913. The smallest absolute Gasteiger partial charge is 0.407 e. The van der Waals surface area contributed by atoms with E-state index in [4.69, 9.17) is 9.84 Å². The lowest BCUT2D eigenvalue weighted by Crippen LogP contribution is -2.30. The number of anilines is 1. The minimum Gasteiger partial charge on any atom is -0.481 e. The fraction of sp³-hybridized carbons (Fsp3) is 0.227. The number of benzene rings is 2. The number of hydrogen-bond donors (Lipinski definition) is 3. The molecule has 0 radical (unpaired) electrons. The normalized spacial score (nSPS) is 12.1. The van der Waals surface area contributed by atoms with E-state index in [1.54, 1.807) is 5.38 Å². The van der Waals surface area contributed by atoms with Gasteiger partial charge in [0.25, 0.3) is 0 Å². The van der Waals surface area contributed by atoms with E-state index in [0.717, 1.165) is 0 Å². The number of carbonyl (C=O) groups excluding carboxylic acids is 1. The van der Waals surface area contributed by atoms with Crippen LogP contribution in [0.5, 0.6) is 0 Å². The molecule has 0 atom stereocenters. The first kappa shape index (κ1) is 19.9. The van der Waals surface area contributed by atoms with Gasteiger partial charge < -0.3 is 20.5 Å². The first-order valence-electron chi connectivity index (χ1n) is 9.60. The maximum absolute atomic E-state index is 12.1. The van der Waals surface area contributed by atoms with E-state index < -0.39 is 12.1 Å². The van der Waals surface area contributed by atoms with Crippen molar-refractivity contribution in [3.8, 4) is 11.1 Å². The van der Waals surface area contributed by atoms with Gasteiger partial charge in [-0.2, -0.15) is 0 Å². The summed E-state index contributed by atoms with van der Waals surface area (Å²) in [5.74, 6) is -0.881. The van der Waals surface area contributed by atoms with Crippen molar-refractivity contribution >= 4 is 28.5 Å². The maximum Gasteiger partial charge on any atom is 0.407 e. The number of carbonyl (C=O) groups is 2. The van der Waals surface area contributed by atoms with Gasteiger partial charge in [-0.15, -0.1) is 11.3 Å². The number of hydrogen-bond acceptors (Lipinski definition) is 6. The Labute approximate surface area is 177 Å². The Hall–Kier alpha value is -3.39. The number of amides is 1. The fourth-order valence-electron chi connectivity index (χ4n) is 3.61. The number of aliphatic carboxylic acids is 1. The van der Waals surface area contributed by atoms with E-state index in [-0.39, 0.29) is 18.9 Å². The molecule has 30 heavy (non-hydrogen) atoms. The van der Waals surface area contributed by atoms with Gasteiger partial charge in [0.15, 0.2) is 5.13 Å². The van der Waals surface area contributed by atoms with Gasteiger partial charge >= 0.3 is 12.1 Å². The van der Waals surface area contributed by atoms with Crippen LogP contribution in [-0.2, 0) is 16.0 Å². The van der Waals surface area contributed by atoms with Crippen LogP contribution in [0.4, 0.5) is 9.93 Å². The van der Waals surface area contributed by atoms with E-state index in [2.05, 4.69) is 39.9 Å². The van der Waals surface area contributed by atoms with Gasteiger partial charge in [-0.3, -0.25) is 4.79 Å². The molecule has 1 aliphatic carbocycles. The molecule has 8 heteroatoms. The molecule has 0 unspecified atom stereocenters. The van der Waals surface area contributed by atoms with E-state index >= 15 is 0 Å². The number of carboxylic acid groups (broad SMARTS) is 1. The second kappa shape index (κ2) is 8.96. The molecule has 2 aromatic carbocycles. The van der Waals surface area contributed by atoms with Crippen molar-refractivity contribution in [1.82, 2.24) is 10.3 Å². The zero-order valence-corrected chi connectivity index (χ0v) is 16.9. The summed E-state index contributed by atoms with van der Waals surface area (Å²) in [5.41, 5.74) is 5.25. The number of nitrogens with one attached hydrogen (secondary N) is 2. The quantitative estimate of drug-likeness (QED) is 0.478. The molecule has 0 spiro atoms. The maximum atomic E-state index is 12.1. The van der Waals surface area contributed by atoms with Crippen LogP contribution in [0.3, 0.4) is 0 Å². The monoisotopic (exact) mass is 423 g/mol. The standard InChI is InChI=1S/C22H21N3O4S/c26-20(27)11-14-13-30-21(25-14)23-9-10-24-22(28)29-12-19-17-7-3-1-5-15(17)16-6-2-4-8-18(16)19/h1-8,13,19H,9-12H2,(H,23,25)(H,24,28)(H,26,27). The Morgan fingerprint density at radius 1 is 1.03 bits per heavy atom. The van der Waals surface area contributed by atoms with Crippen LogP contribution in [0.2, 0.25) is 0 Å².